The molecule has 5 nitrogen and oxygen atoms in total. The molecule has 3 rings (SSSR count). The third kappa shape index (κ3) is 3.89. The predicted molar refractivity (Wildman–Crippen MR) is 80.9 cm³/mol. The molecule has 5 heteroatoms. The summed E-state index contributed by atoms with van der Waals surface area (Å²) in [5.74, 6) is 1.74. The monoisotopic (exact) mass is 286 g/mol. The minimum absolute atomic E-state index is 0.479. The lowest BCUT2D eigenvalue weighted by Gasteiger charge is -2.26. The average Bonchev–Trinajstić information content (AvgIpc) is 3.16. The largest absolute Gasteiger partial charge is 0.380 e. The molecule has 1 N–H and O–H groups in total. The van der Waals surface area contributed by atoms with Gasteiger partial charge in [0.25, 0.3) is 0 Å². The van der Waals surface area contributed by atoms with E-state index >= 15 is 0 Å². The molecule has 0 spiro atoms. The minimum atomic E-state index is 0.479. The smallest absolute Gasteiger partial charge is 0.164 e. The third-order valence-corrected chi connectivity index (χ3v) is 3.94. The third-order valence-electron chi connectivity index (χ3n) is 3.94. The number of ether oxygens (including phenoxy) is 1. The van der Waals surface area contributed by atoms with Gasteiger partial charge in [0.2, 0.25) is 0 Å². The van der Waals surface area contributed by atoms with Gasteiger partial charge in [-0.25, -0.2) is 4.98 Å². The zero-order valence-corrected chi connectivity index (χ0v) is 12.5. The Balaban J connectivity index is 1.64. The second kappa shape index (κ2) is 6.83. The number of nitrogens with one attached hydrogen (secondary N) is 1. The van der Waals surface area contributed by atoms with Crippen molar-refractivity contribution in [3.63, 3.8) is 0 Å². The van der Waals surface area contributed by atoms with Crippen LogP contribution in [0.1, 0.15) is 23.6 Å². The molecular weight excluding hydrogens is 264 g/mol. The van der Waals surface area contributed by atoms with Crippen LogP contribution in [-0.2, 0) is 17.7 Å². The number of hydrogen-bond donors (Lipinski definition) is 1. The number of nitrogens with zero attached hydrogens (tertiary/aromatic N) is 3. The lowest BCUT2D eigenvalue weighted by atomic mass is 10.1. The van der Waals surface area contributed by atoms with Crippen molar-refractivity contribution in [1.29, 1.82) is 0 Å². The predicted octanol–water partition coefficient (Wildman–Crippen LogP) is 1.95. The van der Waals surface area contributed by atoms with Gasteiger partial charge in [0.05, 0.1) is 13.2 Å². The number of aromatic amines is 1. The van der Waals surface area contributed by atoms with Gasteiger partial charge >= 0.3 is 0 Å². The van der Waals surface area contributed by atoms with E-state index in [1.807, 2.05) is 6.92 Å². The maximum Gasteiger partial charge on any atom is 0.164 e. The second-order valence-corrected chi connectivity index (χ2v) is 5.56. The van der Waals surface area contributed by atoms with Crippen LogP contribution in [0.25, 0.3) is 0 Å². The molecule has 0 bridgehead atoms. The van der Waals surface area contributed by atoms with E-state index in [1.54, 1.807) is 0 Å². The lowest BCUT2D eigenvalue weighted by Crippen LogP contribution is -2.37. The average molecular weight is 286 g/mol. The number of benzene rings is 1. The van der Waals surface area contributed by atoms with E-state index in [0.717, 1.165) is 50.8 Å². The van der Waals surface area contributed by atoms with Crippen LogP contribution in [0.5, 0.6) is 0 Å². The first-order valence-corrected chi connectivity index (χ1v) is 7.55. The van der Waals surface area contributed by atoms with E-state index in [4.69, 9.17) is 4.74 Å². The van der Waals surface area contributed by atoms with Crippen LogP contribution in [-0.4, -0.2) is 45.9 Å². The van der Waals surface area contributed by atoms with Gasteiger partial charge in [-0.3, -0.25) is 10.00 Å². The van der Waals surface area contributed by atoms with E-state index in [0.29, 0.717) is 6.04 Å². The van der Waals surface area contributed by atoms with Crippen LogP contribution in [0.4, 0.5) is 0 Å². The second-order valence-electron chi connectivity index (χ2n) is 5.56. The fourth-order valence-corrected chi connectivity index (χ4v) is 2.76. The number of hydrogen-bond acceptors (Lipinski definition) is 4. The standard InChI is InChI=1S/C16H22N4O/c1-13-17-16(19-18-13)11-20(15-8-10-21-12-15)9-7-14-5-3-2-4-6-14/h2-6,15H,7-12H2,1H3,(H,17,18,19). The van der Waals surface area contributed by atoms with Gasteiger partial charge in [-0.05, 0) is 25.3 Å². The topological polar surface area (TPSA) is 54.0 Å². The molecule has 1 saturated heterocycles. The zero-order valence-electron chi connectivity index (χ0n) is 12.5. The molecule has 112 valence electrons. The van der Waals surface area contributed by atoms with Crippen molar-refractivity contribution in [2.24, 2.45) is 0 Å². The van der Waals surface area contributed by atoms with Gasteiger partial charge < -0.3 is 4.74 Å². The fourth-order valence-electron chi connectivity index (χ4n) is 2.76. The number of aryl methyl sites for hydroxylation is 1. The van der Waals surface area contributed by atoms with Crippen molar-refractivity contribution < 1.29 is 4.74 Å². The van der Waals surface area contributed by atoms with Crippen molar-refractivity contribution >= 4 is 0 Å². The summed E-state index contributed by atoms with van der Waals surface area (Å²) in [5.41, 5.74) is 1.37. The molecule has 0 aliphatic carbocycles. The highest BCUT2D eigenvalue weighted by atomic mass is 16.5. The zero-order chi connectivity index (χ0) is 14.5. The Labute approximate surface area is 125 Å². The Bertz CT molecular complexity index is 548. The molecule has 1 fully saturated rings. The number of rotatable bonds is 6. The van der Waals surface area contributed by atoms with Gasteiger partial charge in [0, 0.05) is 19.2 Å². The highest BCUT2D eigenvalue weighted by molar-refractivity contribution is 5.15. The van der Waals surface area contributed by atoms with Crippen molar-refractivity contribution in [1.82, 2.24) is 20.1 Å². The summed E-state index contributed by atoms with van der Waals surface area (Å²) in [6, 6.07) is 11.1. The normalized spacial score (nSPS) is 18.5. The van der Waals surface area contributed by atoms with Crippen molar-refractivity contribution in [2.75, 3.05) is 19.8 Å². The van der Waals surface area contributed by atoms with E-state index < -0.39 is 0 Å². The molecule has 2 aromatic rings. The molecule has 1 unspecified atom stereocenters. The van der Waals surface area contributed by atoms with Crippen molar-refractivity contribution in [2.45, 2.75) is 32.4 Å². The van der Waals surface area contributed by atoms with Crippen LogP contribution >= 0.6 is 0 Å². The minimum Gasteiger partial charge on any atom is -0.380 e. The summed E-state index contributed by atoms with van der Waals surface area (Å²) in [6.07, 6.45) is 2.14. The highest BCUT2D eigenvalue weighted by Crippen LogP contribution is 2.15. The maximum absolute atomic E-state index is 5.54. The Morgan fingerprint density at radius 1 is 1.33 bits per heavy atom. The van der Waals surface area contributed by atoms with Gasteiger partial charge in [0.15, 0.2) is 5.82 Å². The van der Waals surface area contributed by atoms with Gasteiger partial charge in [-0.1, -0.05) is 30.3 Å². The van der Waals surface area contributed by atoms with E-state index in [-0.39, 0.29) is 0 Å². The summed E-state index contributed by atoms with van der Waals surface area (Å²) in [7, 11) is 0. The molecule has 1 aliphatic rings. The van der Waals surface area contributed by atoms with Crippen molar-refractivity contribution in [3.8, 4) is 0 Å². The molecule has 1 aromatic heterocycles. The van der Waals surface area contributed by atoms with Gasteiger partial charge in [-0.15, -0.1) is 0 Å². The Kier molecular flexibility index (Phi) is 4.62. The Morgan fingerprint density at radius 3 is 2.86 bits per heavy atom. The van der Waals surface area contributed by atoms with E-state index in [9.17, 15) is 0 Å². The molecule has 21 heavy (non-hydrogen) atoms. The van der Waals surface area contributed by atoms with E-state index in [1.165, 1.54) is 5.56 Å². The first-order valence-electron chi connectivity index (χ1n) is 7.55. The Morgan fingerprint density at radius 2 is 2.19 bits per heavy atom. The summed E-state index contributed by atoms with van der Waals surface area (Å²) < 4.78 is 5.54. The van der Waals surface area contributed by atoms with Crippen LogP contribution in [0.15, 0.2) is 30.3 Å². The van der Waals surface area contributed by atoms with E-state index in [2.05, 4.69) is 50.4 Å². The summed E-state index contributed by atoms with van der Waals surface area (Å²) in [4.78, 5) is 6.87. The maximum atomic E-state index is 5.54. The first-order chi connectivity index (χ1) is 10.3. The molecule has 1 atom stereocenters. The first kappa shape index (κ1) is 14.2. The summed E-state index contributed by atoms with van der Waals surface area (Å²) >= 11 is 0. The molecule has 0 amide bonds. The lowest BCUT2D eigenvalue weighted by molar-refractivity contribution is 0.138. The van der Waals surface area contributed by atoms with Gasteiger partial charge in [-0.2, -0.15) is 5.10 Å². The van der Waals surface area contributed by atoms with Crippen molar-refractivity contribution in [3.05, 3.63) is 47.5 Å². The highest BCUT2D eigenvalue weighted by Gasteiger charge is 2.24. The number of H-pyrrole nitrogens is 1. The molecule has 2 heterocycles. The Hall–Kier alpha value is -1.72. The number of aromatic nitrogens is 3. The van der Waals surface area contributed by atoms with Crippen LogP contribution in [0.3, 0.4) is 0 Å². The molecule has 1 aromatic carbocycles. The summed E-state index contributed by atoms with van der Waals surface area (Å²) in [6.45, 7) is 5.40. The molecular formula is C16H22N4O. The quantitative estimate of drug-likeness (QED) is 0.882. The SMILES string of the molecule is Cc1nc(CN(CCc2ccccc2)C2CCOC2)n[nH]1. The molecule has 0 saturated carbocycles. The molecule has 0 radical (unpaired) electrons. The van der Waals surface area contributed by atoms with Crippen LogP contribution in [0.2, 0.25) is 0 Å². The summed E-state index contributed by atoms with van der Waals surface area (Å²) in [5, 5.41) is 7.18. The van der Waals surface area contributed by atoms with Gasteiger partial charge in [0.1, 0.15) is 5.82 Å². The molecule has 1 aliphatic heterocycles. The van der Waals surface area contributed by atoms with Crippen LogP contribution < -0.4 is 0 Å². The fraction of sp³-hybridized carbons (Fsp3) is 0.500. The van der Waals surface area contributed by atoms with Crippen LogP contribution in [0, 0.1) is 6.92 Å².